The van der Waals surface area contributed by atoms with Gasteiger partial charge in [-0.25, -0.2) is 13.2 Å². The molecule has 0 bridgehead atoms. The van der Waals surface area contributed by atoms with Crippen LogP contribution in [0.25, 0.3) is 0 Å². The van der Waals surface area contributed by atoms with Crippen molar-refractivity contribution in [1.82, 2.24) is 0 Å². The zero-order valence-electron chi connectivity index (χ0n) is 9.61. The lowest BCUT2D eigenvalue weighted by Crippen LogP contribution is -2.23. The van der Waals surface area contributed by atoms with Gasteiger partial charge in [0.05, 0.1) is 0 Å². The van der Waals surface area contributed by atoms with Gasteiger partial charge in [0.2, 0.25) is 0 Å². The van der Waals surface area contributed by atoms with Gasteiger partial charge in [-0.05, 0) is 26.8 Å². The lowest BCUT2D eigenvalue weighted by molar-refractivity contribution is 0.137. The first-order chi connectivity index (χ1) is 7.29. The number of halogens is 3. The number of rotatable bonds is 3. The molecule has 0 N–H and O–H groups in total. The predicted octanol–water partition coefficient (Wildman–Crippen LogP) is 2.50. The fourth-order valence-electron chi connectivity index (χ4n) is 1.27. The summed E-state index contributed by atoms with van der Waals surface area (Å²) in [7, 11) is -1.05. The van der Waals surface area contributed by atoms with Crippen LogP contribution in [0.2, 0.25) is 0 Å². The van der Waals surface area contributed by atoms with Crippen LogP contribution in [0.5, 0.6) is 0 Å². The molecule has 0 fully saturated rings. The van der Waals surface area contributed by atoms with E-state index in [0.717, 1.165) is 0 Å². The average Bonchev–Trinajstić information content (AvgIpc) is 2.07. The second-order valence-electron chi connectivity index (χ2n) is 4.56. The lowest BCUT2D eigenvalue weighted by atomic mass is 10.2. The first-order valence-corrected chi connectivity index (χ1v) is 6.65. The van der Waals surface area contributed by atoms with Crippen molar-refractivity contribution in [3.05, 3.63) is 35.1 Å². The van der Waals surface area contributed by atoms with Gasteiger partial charge < -0.3 is 4.43 Å². The van der Waals surface area contributed by atoms with Gasteiger partial charge in [0.25, 0.3) is 0 Å². The Labute approximate surface area is 95.6 Å². The molecular formula is C11H15F3OSi. The molecule has 0 heterocycles. The van der Waals surface area contributed by atoms with E-state index in [1.54, 1.807) is 0 Å². The number of hydrogen-bond acceptors (Lipinski definition) is 1. The van der Waals surface area contributed by atoms with Crippen LogP contribution in [-0.4, -0.2) is 15.4 Å². The lowest BCUT2D eigenvalue weighted by Gasteiger charge is -2.20. The Kier molecular flexibility index (Phi) is 4.15. The highest BCUT2D eigenvalue weighted by atomic mass is 28.2. The molecule has 0 atom stereocenters. The molecule has 90 valence electrons. The Morgan fingerprint density at radius 2 is 1.62 bits per heavy atom. The minimum Gasteiger partial charge on any atom is -0.419 e. The van der Waals surface area contributed by atoms with Crippen LogP contribution in [0.3, 0.4) is 0 Å². The topological polar surface area (TPSA) is 9.23 Å². The Morgan fingerprint density at radius 3 is 2.06 bits per heavy atom. The summed E-state index contributed by atoms with van der Waals surface area (Å²) >= 11 is 0. The molecule has 1 aromatic rings. The van der Waals surface area contributed by atoms with E-state index in [1.807, 2.05) is 20.8 Å². The van der Waals surface area contributed by atoms with Crippen molar-refractivity contribution in [2.75, 3.05) is 0 Å². The average molecular weight is 248 g/mol. The highest BCUT2D eigenvalue weighted by Crippen LogP contribution is 2.15. The Bertz CT molecular complexity index is 351. The fourth-order valence-corrected chi connectivity index (χ4v) is 2.67. The Hall–Kier alpha value is -0.813. The summed E-state index contributed by atoms with van der Waals surface area (Å²) in [5, 5.41) is 0. The van der Waals surface area contributed by atoms with Crippen LogP contribution >= 0.6 is 0 Å². The van der Waals surface area contributed by atoms with Crippen molar-refractivity contribution in [3.8, 4) is 0 Å². The van der Waals surface area contributed by atoms with E-state index >= 15 is 0 Å². The second-order valence-corrected chi connectivity index (χ2v) is 5.76. The normalized spacial score (nSPS) is 12.6. The van der Waals surface area contributed by atoms with Gasteiger partial charge in [-0.2, -0.15) is 0 Å². The molecule has 0 aliphatic heterocycles. The number of benzene rings is 1. The first-order valence-electron chi connectivity index (χ1n) is 5.07. The molecule has 0 aliphatic rings. The van der Waals surface area contributed by atoms with E-state index in [9.17, 15) is 13.2 Å². The molecule has 0 amide bonds. The monoisotopic (exact) mass is 248 g/mol. The summed E-state index contributed by atoms with van der Waals surface area (Å²) in [5.74, 6) is -2.55. The summed E-state index contributed by atoms with van der Waals surface area (Å²) in [4.78, 5) is 0. The van der Waals surface area contributed by atoms with Crippen LogP contribution in [0.1, 0.15) is 26.3 Å². The molecular weight excluding hydrogens is 233 g/mol. The third-order valence-corrected chi connectivity index (χ3v) is 3.77. The third-order valence-electron chi connectivity index (χ3n) is 1.99. The maximum atomic E-state index is 13.2. The van der Waals surface area contributed by atoms with Gasteiger partial charge in [-0.1, -0.05) is 0 Å². The van der Waals surface area contributed by atoms with Gasteiger partial charge in [0.15, 0.2) is 9.76 Å². The zero-order valence-corrected chi connectivity index (χ0v) is 11.0. The molecule has 16 heavy (non-hydrogen) atoms. The standard InChI is InChI=1S/C11H15F3OSi/c1-11(2,3)15-16-6-8-9(13)4-7(12)5-10(8)14/h4-5H,6,16H2,1-3H3. The molecule has 0 saturated carbocycles. The molecule has 5 heteroatoms. The maximum Gasteiger partial charge on any atom is 0.166 e. The van der Waals surface area contributed by atoms with E-state index in [4.69, 9.17) is 4.43 Å². The molecule has 1 nitrogen and oxygen atoms in total. The van der Waals surface area contributed by atoms with Crippen molar-refractivity contribution in [2.24, 2.45) is 0 Å². The Morgan fingerprint density at radius 1 is 1.12 bits per heavy atom. The van der Waals surface area contributed by atoms with Gasteiger partial charge in [0, 0.05) is 23.3 Å². The number of hydrogen-bond donors (Lipinski definition) is 0. The predicted molar refractivity (Wildman–Crippen MR) is 59.4 cm³/mol. The minimum atomic E-state index is -1.05. The summed E-state index contributed by atoms with van der Waals surface area (Å²) < 4.78 is 44.5. The molecule has 0 unspecified atom stereocenters. The Balaban J connectivity index is 2.68. The van der Waals surface area contributed by atoms with E-state index in [1.165, 1.54) is 0 Å². The zero-order chi connectivity index (χ0) is 12.3. The smallest absolute Gasteiger partial charge is 0.166 e. The fraction of sp³-hybridized carbons (Fsp3) is 0.455. The van der Waals surface area contributed by atoms with Crippen LogP contribution in [0, 0.1) is 17.5 Å². The summed E-state index contributed by atoms with van der Waals surface area (Å²) in [5.41, 5.74) is -0.364. The summed E-state index contributed by atoms with van der Waals surface area (Å²) in [6, 6.07) is 1.63. The van der Waals surface area contributed by atoms with Crippen LogP contribution in [-0.2, 0) is 10.5 Å². The third kappa shape index (κ3) is 3.98. The SMILES string of the molecule is CC(C)(C)O[SiH2]Cc1c(F)cc(F)cc1F. The van der Waals surface area contributed by atoms with Gasteiger partial charge in [0.1, 0.15) is 17.5 Å². The molecule has 1 aromatic carbocycles. The van der Waals surface area contributed by atoms with Crippen LogP contribution in [0.4, 0.5) is 13.2 Å². The molecule has 0 aliphatic carbocycles. The molecule has 0 aromatic heterocycles. The van der Waals surface area contributed by atoms with Crippen LogP contribution in [0.15, 0.2) is 12.1 Å². The van der Waals surface area contributed by atoms with Crippen molar-refractivity contribution in [3.63, 3.8) is 0 Å². The largest absolute Gasteiger partial charge is 0.419 e. The van der Waals surface area contributed by atoms with Gasteiger partial charge in [-0.3, -0.25) is 0 Å². The second kappa shape index (κ2) is 5.01. The van der Waals surface area contributed by atoms with Gasteiger partial charge in [-0.15, -0.1) is 0 Å². The quantitative estimate of drug-likeness (QED) is 0.747. The van der Waals surface area contributed by atoms with E-state index in [0.29, 0.717) is 12.1 Å². The van der Waals surface area contributed by atoms with E-state index in [-0.39, 0.29) is 17.2 Å². The van der Waals surface area contributed by atoms with Crippen molar-refractivity contribution in [2.45, 2.75) is 32.4 Å². The van der Waals surface area contributed by atoms with Crippen molar-refractivity contribution >= 4 is 9.76 Å². The molecule has 1 rings (SSSR count). The van der Waals surface area contributed by atoms with Crippen molar-refractivity contribution in [1.29, 1.82) is 0 Å². The minimum absolute atomic E-state index is 0.0719. The summed E-state index contributed by atoms with van der Waals surface area (Å²) in [6.07, 6.45) is 0. The first kappa shape index (κ1) is 13.3. The molecule has 0 spiro atoms. The van der Waals surface area contributed by atoms with Gasteiger partial charge >= 0.3 is 0 Å². The molecule has 0 saturated heterocycles. The summed E-state index contributed by atoms with van der Waals surface area (Å²) in [6.45, 7) is 5.66. The van der Waals surface area contributed by atoms with E-state index < -0.39 is 27.2 Å². The van der Waals surface area contributed by atoms with E-state index in [2.05, 4.69) is 0 Å². The highest BCUT2D eigenvalue weighted by molar-refractivity contribution is 6.26. The van der Waals surface area contributed by atoms with Crippen LogP contribution < -0.4 is 0 Å². The molecule has 0 radical (unpaired) electrons. The highest BCUT2D eigenvalue weighted by Gasteiger charge is 2.14. The van der Waals surface area contributed by atoms with Crippen molar-refractivity contribution < 1.29 is 17.6 Å². The maximum absolute atomic E-state index is 13.2.